The number of hydrogen-bond acceptors (Lipinski definition) is 8. The van der Waals surface area contributed by atoms with Crippen LogP contribution in [0.3, 0.4) is 0 Å². The van der Waals surface area contributed by atoms with E-state index in [1.165, 1.54) is 36.7 Å². The zero-order valence-electron chi connectivity index (χ0n) is 29.3. The highest BCUT2D eigenvalue weighted by Gasteiger charge is 2.24. The molecular formula is C28H26Br2Cl2N6O4. The van der Waals surface area contributed by atoms with Crippen molar-refractivity contribution >= 4 is 67.7 Å². The lowest BCUT2D eigenvalue weighted by molar-refractivity contribution is 0.0738. The number of carbonyl (C=O) groups excluding carboxylic acids is 2. The van der Waals surface area contributed by atoms with E-state index in [-0.39, 0.29) is 47.4 Å². The number of nitrogens with zero attached hydrogens (tertiary/aromatic N) is 5. The van der Waals surface area contributed by atoms with Crippen LogP contribution in [0.2, 0.25) is 0 Å². The van der Waals surface area contributed by atoms with Gasteiger partial charge in [0.1, 0.15) is 36.3 Å². The molecule has 1 N–H and O–H groups in total. The molecule has 0 bridgehead atoms. The fraction of sp³-hybridized carbons (Fsp3) is 0.214. The van der Waals surface area contributed by atoms with E-state index in [9.17, 15) is 9.59 Å². The first kappa shape index (κ1) is 23.2. The molecule has 0 saturated heterocycles. The Morgan fingerprint density at radius 1 is 0.857 bits per heavy atom. The molecule has 2 aromatic carbocycles. The minimum absolute atomic E-state index is 0. The van der Waals surface area contributed by atoms with E-state index in [0.717, 1.165) is 4.90 Å². The number of alkyl halides is 1. The molecule has 6 rings (SSSR count). The van der Waals surface area contributed by atoms with E-state index in [1.807, 2.05) is 5.32 Å². The number of fused-ring (bicyclic) bond motifs is 2. The van der Waals surface area contributed by atoms with Crippen molar-refractivity contribution in [2.75, 3.05) is 26.1 Å². The van der Waals surface area contributed by atoms with Gasteiger partial charge in [-0.2, -0.15) is 0 Å². The third kappa shape index (κ3) is 9.62. The van der Waals surface area contributed by atoms with Crippen molar-refractivity contribution in [2.24, 2.45) is 0 Å². The van der Waals surface area contributed by atoms with Crippen molar-refractivity contribution in [3.63, 3.8) is 0 Å². The fourth-order valence-corrected chi connectivity index (χ4v) is 4.01. The number of hydrogen-bond donors (Lipinski definition) is 1. The van der Waals surface area contributed by atoms with Crippen LogP contribution >= 0.6 is 55.9 Å². The minimum Gasteiger partial charge on any atom is -0.491 e. The molecule has 0 radical (unpaired) electrons. The molecular weight excluding hydrogens is 715 g/mol. The topological polar surface area (TPSA) is 119 Å². The Morgan fingerprint density at radius 2 is 1.40 bits per heavy atom. The summed E-state index contributed by atoms with van der Waals surface area (Å²) in [5.41, 5.74) is 0.148. The molecule has 2 amide bonds. The summed E-state index contributed by atoms with van der Waals surface area (Å²) in [6.07, 6.45) is 6.28. The number of aromatic nitrogens is 4. The maximum absolute atomic E-state index is 12.9. The summed E-state index contributed by atoms with van der Waals surface area (Å²) in [6, 6.07) is 12.3. The standard InChI is InChI=1S/C14H12BrN3O2.C9H8BrNO2.C5H5ClN2.ClH/c15-10-2-3-12-11(8-10)14(19)18(6-7-20-12)9-13-16-4-1-5-17-13;10-6-1-2-8-7(5-6)9(12)11-3-4-13-8;6-4-5-7-2-1-3-8-5;/h1-5,8H,6-7,9H2;1-2,5H,3-4H2,(H,11,12);1-3H,4H2;1H/i6D2,7D2;3D2,4D2;;. The Kier molecular flexibility index (Phi) is 9.36. The highest BCUT2D eigenvalue weighted by molar-refractivity contribution is 9.10. The summed E-state index contributed by atoms with van der Waals surface area (Å²) in [4.78, 5) is 41.0. The van der Waals surface area contributed by atoms with Crippen molar-refractivity contribution in [2.45, 2.75) is 12.4 Å². The van der Waals surface area contributed by atoms with Gasteiger partial charge in [0.25, 0.3) is 11.8 Å². The lowest BCUT2D eigenvalue weighted by Gasteiger charge is -2.18. The van der Waals surface area contributed by atoms with Gasteiger partial charge in [0.05, 0.1) is 47.5 Å². The van der Waals surface area contributed by atoms with Gasteiger partial charge >= 0.3 is 0 Å². The second-order valence-electron chi connectivity index (χ2n) is 7.74. The summed E-state index contributed by atoms with van der Waals surface area (Å²) in [5.74, 6) is -0.164. The maximum Gasteiger partial charge on any atom is 0.258 e. The first-order chi connectivity index (χ1) is 22.9. The summed E-state index contributed by atoms with van der Waals surface area (Å²) in [7, 11) is 0. The van der Waals surface area contributed by atoms with Gasteiger partial charge in [0, 0.05) is 33.7 Å². The van der Waals surface area contributed by atoms with Crippen LogP contribution in [0, 0.1) is 0 Å². The highest BCUT2D eigenvalue weighted by atomic mass is 79.9. The number of carbonyl (C=O) groups is 2. The van der Waals surface area contributed by atoms with E-state index in [1.54, 1.807) is 36.7 Å². The zero-order chi connectivity index (χ0) is 36.2. The molecule has 0 atom stereocenters. The Bertz CT molecular complexity index is 1820. The SMILES string of the molecule is Cl.ClCc1ncccn1.[2H]C1([2H])NC(=O)c2cc(Br)ccc2OC1([2H])[2H].[2H]C1([2H])Oc2ccc(Br)cc2C(=O)N(Cc2ncccn2)C1([2H])[2H]. The second kappa shape index (κ2) is 17.0. The molecule has 4 aromatic rings. The molecule has 0 saturated carbocycles. The summed E-state index contributed by atoms with van der Waals surface area (Å²) < 4.78 is 73.4. The van der Waals surface area contributed by atoms with E-state index in [4.69, 9.17) is 32.0 Å². The fourth-order valence-electron chi connectivity index (χ4n) is 3.15. The number of amides is 2. The summed E-state index contributed by atoms with van der Waals surface area (Å²) in [6.45, 7) is -11.0. The van der Waals surface area contributed by atoms with Gasteiger partial charge in [-0.15, -0.1) is 24.0 Å². The van der Waals surface area contributed by atoms with Crippen molar-refractivity contribution in [1.29, 1.82) is 0 Å². The van der Waals surface area contributed by atoms with Crippen LogP contribution in [-0.2, 0) is 12.4 Å². The molecule has 2 aromatic heterocycles. The first-order valence-electron chi connectivity index (χ1n) is 15.6. The third-order valence-electron chi connectivity index (χ3n) is 4.99. The number of benzene rings is 2. The lowest BCUT2D eigenvalue weighted by Crippen LogP contribution is -2.32. The molecule has 42 heavy (non-hydrogen) atoms. The quantitative estimate of drug-likeness (QED) is 0.274. The van der Waals surface area contributed by atoms with E-state index in [0.29, 0.717) is 20.6 Å². The van der Waals surface area contributed by atoms with Gasteiger partial charge in [0.15, 0.2) is 0 Å². The zero-order valence-corrected chi connectivity index (χ0v) is 26.0. The number of rotatable bonds is 3. The van der Waals surface area contributed by atoms with Crippen LogP contribution in [0.15, 0.2) is 82.3 Å². The molecule has 4 heterocycles. The van der Waals surface area contributed by atoms with Crippen LogP contribution in [0.4, 0.5) is 0 Å². The van der Waals surface area contributed by atoms with Gasteiger partial charge in [-0.25, -0.2) is 19.9 Å². The predicted octanol–water partition coefficient (Wildman–Crippen LogP) is 5.48. The Hall–Kier alpha value is -3.32. The second-order valence-corrected chi connectivity index (χ2v) is 9.83. The third-order valence-corrected chi connectivity index (χ3v) is 6.22. The van der Waals surface area contributed by atoms with Crippen LogP contribution in [0.1, 0.15) is 43.3 Å². The van der Waals surface area contributed by atoms with E-state index < -0.39 is 37.9 Å². The summed E-state index contributed by atoms with van der Waals surface area (Å²) >= 11 is 11.8. The molecule has 0 spiro atoms. The Balaban J connectivity index is 0.000000226. The van der Waals surface area contributed by atoms with Crippen molar-refractivity contribution in [3.05, 3.63) is 105 Å². The molecule has 0 aliphatic carbocycles. The van der Waals surface area contributed by atoms with Crippen molar-refractivity contribution in [1.82, 2.24) is 30.2 Å². The molecule has 14 heteroatoms. The molecule has 220 valence electrons. The predicted molar refractivity (Wildman–Crippen MR) is 167 cm³/mol. The van der Waals surface area contributed by atoms with Crippen molar-refractivity contribution in [3.8, 4) is 11.5 Å². The first-order valence-corrected chi connectivity index (χ1v) is 13.7. The van der Waals surface area contributed by atoms with Crippen LogP contribution < -0.4 is 14.8 Å². The Labute approximate surface area is 282 Å². The van der Waals surface area contributed by atoms with E-state index in [2.05, 4.69) is 51.8 Å². The van der Waals surface area contributed by atoms with Crippen molar-refractivity contribution < 1.29 is 30.0 Å². The van der Waals surface area contributed by atoms with Crippen LogP contribution in [-0.4, -0.2) is 62.8 Å². The van der Waals surface area contributed by atoms with Gasteiger partial charge < -0.3 is 19.7 Å². The Morgan fingerprint density at radius 3 is 2.00 bits per heavy atom. The van der Waals surface area contributed by atoms with E-state index >= 15 is 0 Å². The molecule has 2 aliphatic rings. The van der Waals surface area contributed by atoms with Gasteiger partial charge in [0.2, 0.25) is 0 Å². The van der Waals surface area contributed by atoms with Gasteiger partial charge in [-0.05, 0) is 48.5 Å². The normalized spacial score (nSPS) is 21.0. The molecule has 0 fully saturated rings. The smallest absolute Gasteiger partial charge is 0.258 e. The summed E-state index contributed by atoms with van der Waals surface area (Å²) in [5, 5.41) is 1.97. The molecule has 10 nitrogen and oxygen atoms in total. The number of nitrogens with one attached hydrogen (secondary N) is 1. The average molecular weight is 749 g/mol. The lowest BCUT2D eigenvalue weighted by atomic mass is 10.2. The van der Waals surface area contributed by atoms with Gasteiger partial charge in [-0.3, -0.25) is 9.59 Å². The molecule has 2 aliphatic heterocycles. The minimum atomic E-state index is -2.75. The average Bonchev–Trinajstić information content (AvgIpc) is 3.15. The largest absolute Gasteiger partial charge is 0.491 e. The number of ether oxygens (including phenoxy) is 2. The van der Waals surface area contributed by atoms with Crippen LogP contribution in [0.25, 0.3) is 0 Å². The monoisotopic (exact) mass is 746 g/mol. The highest BCUT2D eigenvalue weighted by Crippen LogP contribution is 2.27. The number of halogens is 4. The molecule has 0 unspecified atom stereocenters. The van der Waals surface area contributed by atoms with Crippen LogP contribution in [0.5, 0.6) is 11.5 Å². The maximum atomic E-state index is 12.9. The van der Waals surface area contributed by atoms with Gasteiger partial charge in [-0.1, -0.05) is 31.9 Å².